The third-order valence-electron chi connectivity index (χ3n) is 3.68. The van der Waals surface area contributed by atoms with Crippen LogP contribution in [0.2, 0.25) is 0 Å². The first kappa shape index (κ1) is 10.8. The van der Waals surface area contributed by atoms with Crippen molar-refractivity contribution in [3.8, 4) is 0 Å². The molecular weight excluding hydrogens is 208 g/mol. The molecule has 0 amide bonds. The van der Waals surface area contributed by atoms with Gasteiger partial charge in [-0.05, 0) is 23.3 Å². The van der Waals surface area contributed by atoms with Gasteiger partial charge in [-0.3, -0.25) is 0 Å². The summed E-state index contributed by atoms with van der Waals surface area (Å²) in [5.74, 6) is 0. The van der Waals surface area contributed by atoms with E-state index >= 15 is 0 Å². The molecule has 2 heteroatoms. The van der Waals surface area contributed by atoms with Crippen molar-refractivity contribution in [3.05, 3.63) is 48.0 Å². The van der Waals surface area contributed by atoms with Gasteiger partial charge in [0, 0.05) is 19.6 Å². The molecule has 3 rings (SSSR count). The quantitative estimate of drug-likeness (QED) is 0.779. The highest BCUT2D eigenvalue weighted by Gasteiger charge is 2.29. The minimum Gasteiger partial charge on any atom is -0.313 e. The summed E-state index contributed by atoms with van der Waals surface area (Å²) in [6, 6.07) is 15.2. The Balaban J connectivity index is 2.16. The average molecular weight is 226 g/mol. The average Bonchev–Trinajstić information content (AvgIpc) is 2.39. The zero-order valence-corrected chi connectivity index (χ0v) is 10.2. The molecule has 0 aliphatic carbocycles. The molecule has 1 heterocycles. The van der Waals surface area contributed by atoms with Crippen molar-refractivity contribution in [1.29, 1.82) is 0 Å². The van der Waals surface area contributed by atoms with E-state index in [-0.39, 0.29) is 5.54 Å². The Morgan fingerprint density at radius 2 is 1.82 bits per heavy atom. The Labute approximate surface area is 102 Å². The van der Waals surface area contributed by atoms with Gasteiger partial charge in [0.2, 0.25) is 0 Å². The number of rotatable bonds is 1. The highest BCUT2D eigenvalue weighted by atomic mass is 15.1. The molecule has 2 nitrogen and oxygen atoms in total. The van der Waals surface area contributed by atoms with Gasteiger partial charge in [-0.15, -0.1) is 0 Å². The van der Waals surface area contributed by atoms with E-state index in [4.69, 9.17) is 0 Å². The topological polar surface area (TPSA) is 24.1 Å². The standard InChI is InChI=1S/C15H18N2/c1-15(11-16-9-10-17-15)14-8-4-6-12-5-2-3-7-13(12)14/h2-8,16-17H,9-11H2,1H3. The molecular formula is C15H18N2. The molecule has 1 saturated heterocycles. The van der Waals surface area contributed by atoms with Gasteiger partial charge >= 0.3 is 0 Å². The van der Waals surface area contributed by atoms with E-state index in [9.17, 15) is 0 Å². The molecule has 88 valence electrons. The number of nitrogens with one attached hydrogen (secondary N) is 2. The van der Waals surface area contributed by atoms with Crippen LogP contribution >= 0.6 is 0 Å². The van der Waals surface area contributed by atoms with Crippen LogP contribution in [0.15, 0.2) is 42.5 Å². The second kappa shape index (κ2) is 4.13. The Morgan fingerprint density at radius 3 is 2.65 bits per heavy atom. The van der Waals surface area contributed by atoms with Crippen LogP contribution in [0.25, 0.3) is 10.8 Å². The van der Waals surface area contributed by atoms with Crippen LogP contribution in [0, 0.1) is 0 Å². The van der Waals surface area contributed by atoms with Crippen LogP contribution in [0.5, 0.6) is 0 Å². The second-order valence-corrected chi connectivity index (χ2v) is 4.96. The first-order valence-electron chi connectivity index (χ1n) is 6.24. The van der Waals surface area contributed by atoms with Gasteiger partial charge in [0.15, 0.2) is 0 Å². The molecule has 0 aromatic heterocycles. The SMILES string of the molecule is CC1(c2cccc3ccccc23)CNCCN1. The fourth-order valence-electron chi connectivity index (χ4n) is 2.72. The molecule has 17 heavy (non-hydrogen) atoms. The lowest BCUT2D eigenvalue weighted by Gasteiger charge is -2.36. The Bertz CT molecular complexity index is 522. The van der Waals surface area contributed by atoms with Gasteiger partial charge in [-0.2, -0.15) is 0 Å². The minimum absolute atomic E-state index is 0.0408. The fourth-order valence-corrected chi connectivity index (χ4v) is 2.72. The Kier molecular flexibility index (Phi) is 2.61. The van der Waals surface area contributed by atoms with E-state index in [1.54, 1.807) is 0 Å². The summed E-state index contributed by atoms with van der Waals surface area (Å²) in [4.78, 5) is 0. The van der Waals surface area contributed by atoms with Crippen LogP contribution < -0.4 is 10.6 Å². The molecule has 2 aromatic carbocycles. The molecule has 2 aromatic rings. The lowest BCUT2D eigenvalue weighted by atomic mass is 9.86. The molecule has 0 saturated carbocycles. The fraction of sp³-hybridized carbons (Fsp3) is 0.333. The van der Waals surface area contributed by atoms with Crippen LogP contribution in [0.3, 0.4) is 0 Å². The molecule has 1 atom stereocenters. The number of piperazine rings is 1. The van der Waals surface area contributed by atoms with Crippen molar-refractivity contribution < 1.29 is 0 Å². The van der Waals surface area contributed by atoms with E-state index in [2.05, 4.69) is 60.0 Å². The lowest BCUT2D eigenvalue weighted by molar-refractivity contribution is 0.305. The third-order valence-corrected chi connectivity index (χ3v) is 3.68. The van der Waals surface area contributed by atoms with E-state index in [1.807, 2.05) is 0 Å². The predicted molar refractivity (Wildman–Crippen MR) is 72.2 cm³/mol. The van der Waals surface area contributed by atoms with Crippen LogP contribution in [0.4, 0.5) is 0 Å². The maximum absolute atomic E-state index is 3.64. The van der Waals surface area contributed by atoms with Gasteiger partial charge in [0.05, 0.1) is 5.54 Å². The minimum atomic E-state index is 0.0408. The summed E-state index contributed by atoms with van der Waals surface area (Å²) in [5, 5.41) is 9.79. The number of hydrogen-bond donors (Lipinski definition) is 2. The highest BCUT2D eigenvalue weighted by molar-refractivity contribution is 5.86. The predicted octanol–water partition coefficient (Wildman–Crippen LogP) is 2.25. The maximum Gasteiger partial charge on any atom is 0.0538 e. The summed E-state index contributed by atoms with van der Waals surface area (Å²) in [5.41, 5.74) is 1.43. The van der Waals surface area contributed by atoms with Gasteiger partial charge in [0.1, 0.15) is 0 Å². The van der Waals surface area contributed by atoms with Crippen molar-refractivity contribution >= 4 is 10.8 Å². The van der Waals surface area contributed by atoms with Crippen LogP contribution in [-0.2, 0) is 5.54 Å². The number of hydrogen-bond acceptors (Lipinski definition) is 2. The molecule has 0 spiro atoms. The molecule has 0 radical (unpaired) electrons. The normalized spacial score (nSPS) is 25.0. The van der Waals surface area contributed by atoms with Crippen LogP contribution in [0.1, 0.15) is 12.5 Å². The second-order valence-electron chi connectivity index (χ2n) is 4.96. The molecule has 1 aliphatic heterocycles. The van der Waals surface area contributed by atoms with E-state index in [1.165, 1.54) is 16.3 Å². The maximum atomic E-state index is 3.64. The van der Waals surface area contributed by atoms with E-state index in [0.29, 0.717) is 0 Å². The molecule has 1 aliphatic rings. The number of benzene rings is 2. The summed E-state index contributed by atoms with van der Waals surface area (Å²) < 4.78 is 0. The number of fused-ring (bicyclic) bond motifs is 1. The third kappa shape index (κ3) is 1.84. The first-order valence-corrected chi connectivity index (χ1v) is 6.24. The summed E-state index contributed by atoms with van der Waals surface area (Å²) >= 11 is 0. The first-order chi connectivity index (χ1) is 8.30. The highest BCUT2D eigenvalue weighted by Crippen LogP contribution is 2.29. The van der Waals surface area contributed by atoms with Gasteiger partial charge in [0.25, 0.3) is 0 Å². The zero-order chi connectivity index (χ0) is 11.7. The molecule has 0 bridgehead atoms. The monoisotopic (exact) mass is 226 g/mol. The molecule has 1 unspecified atom stereocenters. The summed E-state index contributed by atoms with van der Waals surface area (Å²) in [7, 11) is 0. The van der Waals surface area contributed by atoms with Crippen molar-refractivity contribution in [2.45, 2.75) is 12.5 Å². The van der Waals surface area contributed by atoms with Gasteiger partial charge in [-0.25, -0.2) is 0 Å². The van der Waals surface area contributed by atoms with E-state index < -0.39 is 0 Å². The Morgan fingerprint density at radius 1 is 1.00 bits per heavy atom. The lowest BCUT2D eigenvalue weighted by Crippen LogP contribution is -2.55. The van der Waals surface area contributed by atoms with Gasteiger partial charge in [-0.1, -0.05) is 42.5 Å². The summed E-state index contributed by atoms with van der Waals surface area (Å²) in [6.45, 7) is 5.35. The Hall–Kier alpha value is -1.38. The van der Waals surface area contributed by atoms with E-state index in [0.717, 1.165) is 19.6 Å². The van der Waals surface area contributed by atoms with Crippen molar-refractivity contribution in [2.75, 3.05) is 19.6 Å². The van der Waals surface area contributed by atoms with Crippen LogP contribution in [-0.4, -0.2) is 19.6 Å². The molecule has 2 N–H and O–H groups in total. The van der Waals surface area contributed by atoms with Gasteiger partial charge < -0.3 is 10.6 Å². The molecule has 1 fully saturated rings. The van der Waals surface area contributed by atoms with Crippen molar-refractivity contribution in [2.24, 2.45) is 0 Å². The van der Waals surface area contributed by atoms with Crippen molar-refractivity contribution in [1.82, 2.24) is 10.6 Å². The smallest absolute Gasteiger partial charge is 0.0538 e. The zero-order valence-electron chi connectivity index (χ0n) is 10.2. The summed E-state index contributed by atoms with van der Waals surface area (Å²) in [6.07, 6.45) is 0. The van der Waals surface area contributed by atoms with Crippen molar-refractivity contribution in [3.63, 3.8) is 0 Å². The largest absolute Gasteiger partial charge is 0.313 e.